The standard InChI is InChI=1S/C23H27N3O6S.Na/c1-22(31-15-23(16-32-22)29-10-4-11-30-23)8-12-28-18-7-9-24-17(13-18)14-33(27)21-25-19-5-2-3-6-20(19)26-21;/h2-3,5-7,9,13H,4,8,10-12,14-16H2,1H3,(H,25,26);. The quantitative estimate of drug-likeness (QED) is 0.393. The van der Waals surface area contributed by atoms with Gasteiger partial charge in [-0.2, -0.15) is 4.98 Å². The number of aromatic amines is 1. The largest absolute Gasteiger partial charge is 0.609 e. The van der Waals surface area contributed by atoms with Gasteiger partial charge in [-0.25, -0.2) is 0 Å². The third kappa shape index (κ3) is 6.13. The van der Waals surface area contributed by atoms with Crippen LogP contribution < -0.4 is 4.74 Å². The molecule has 3 aromatic rings. The van der Waals surface area contributed by atoms with Crippen LogP contribution >= 0.6 is 0 Å². The molecule has 0 saturated carbocycles. The first-order valence-electron chi connectivity index (χ1n) is 11.0. The zero-order valence-corrected chi connectivity index (χ0v) is 22.3. The van der Waals surface area contributed by atoms with Crippen LogP contribution in [0.25, 0.3) is 11.0 Å². The summed E-state index contributed by atoms with van der Waals surface area (Å²) in [7, 11) is 0. The number of benzene rings is 1. The van der Waals surface area contributed by atoms with E-state index in [-0.39, 0.29) is 35.3 Å². The molecule has 0 bridgehead atoms. The minimum Gasteiger partial charge on any atom is -0.609 e. The van der Waals surface area contributed by atoms with E-state index in [4.69, 9.17) is 23.7 Å². The Morgan fingerprint density at radius 2 is 1.88 bits per heavy atom. The Bertz CT molecular complexity index is 1050. The van der Waals surface area contributed by atoms with Crippen molar-refractivity contribution in [1.29, 1.82) is 0 Å². The Morgan fingerprint density at radius 1 is 1.12 bits per heavy atom. The molecule has 9 nitrogen and oxygen atoms in total. The van der Waals surface area contributed by atoms with Gasteiger partial charge in [-0.05, 0) is 31.5 Å². The fraction of sp³-hybridized carbons (Fsp3) is 0.478. The summed E-state index contributed by atoms with van der Waals surface area (Å²) in [5, 5.41) is 0.438. The SMILES string of the molecule is CC1(CCOc2ccnc(C[S+]([O-])c3nc4ccccc4[nH]3)c2)OCC2(CO1)OCCCO2.[Na]. The van der Waals surface area contributed by atoms with Crippen molar-refractivity contribution in [3.05, 3.63) is 48.3 Å². The van der Waals surface area contributed by atoms with E-state index in [1.807, 2.05) is 31.2 Å². The van der Waals surface area contributed by atoms with Crippen LogP contribution in [0.1, 0.15) is 25.5 Å². The van der Waals surface area contributed by atoms with E-state index in [9.17, 15) is 4.55 Å². The van der Waals surface area contributed by atoms with E-state index < -0.39 is 22.8 Å². The Hall–Kier alpha value is -1.21. The van der Waals surface area contributed by atoms with Crippen LogP contribution in [0.4, 0.5) is 0 Å². The number of ether oxygens (including phenoxy) is 5. The van der Waals surface area contributed by atoms with Gasteiger partial charge in [0.2, 0.25) is 5.79 Å². The maximum atomic E-state index is 12.8. The van der Waals surface area contributed by atoms with Gasteiger partial charge in [-0.15, -0.1) is 0 Å². The van der Waals surface area contributed by atoms with Crippen molar-refractivity contribution in [2.45, 2.75) is 42.2 Å². The van der Waals surface area contributed by atoms with Crippen molar-refractivity contribution in [3.63, 3.8) is 0 Å². The smallest absolute Gasteiger partial charge is 0.322 e. The van der Waals surface area contributed by atoms with Crippen molar-refractivity contribution in [3.8, 4) is 5.75 Å². The topological polar surface area (TPSA) is 111 Å². The average molecular weight is 497 g/mol. The summed E-state index contributed by atoms with van der Waals surface area (Å²) in [4.78, 5) is 11.8. The van der Waals surface area contributed by atoms with Crippen molar-refractivity contribution in [2.75, 3.05) is 33.0 Å². The van der Waals surface area contributed by atoms with Crippen molar-refractivity contribution in [1.82, 2.24) is 15.0 Å². The first-order chi connectivity index (χ1) is 16.0. The summed E-state index contributed by atoms with van der Waals surface area (Å²) in [6, 6.07) is 11.2. The van der Waals surface area contributed by atoms with E-state index in [0.29, 0.717) is 56.1 Å². The molecule has 2 saturated heterocycles. The molecular weight excluding hydrogens is 469 g/mol. The van der Waals surface area contributed by atoms with Gasteiger partial charge in [-0.1, -0.05) is 12.1 Å². The number of fused-ring (bicyclic) bond motifs is 1. The molecule has 2 aliphatic rings. The zero-order valence-electron chi connectivity index (χ0n) is 19.5. The van der Waals surface area contributed by atoms with Gasteiger partial charge in [0.1, 0.15) is 19.0 Å². The number of nitrogens with one attached hydrogen (secondary N) is 1. The molecule has 1 spiro atoms. The summed E-state index contributed by atoms with van der Waals surface area (Å²) in [5.41, 5.74) is 2.31. The average Bonchev–Trinajstić information content (AvgIpc) is 3.27. The van der Waals surface area contributed by atoms with Crippen molar-refractivity contribution >= 4 is 51.8 Å². The number of pyridine rings is 1. The number of hydrogen-bond acceptors (Lipinski definition) is 8. The van der Waals surface area contributed by atoms with Gasteiger partial charge in [-0.3, -0.25) is 9.97 Å². The molecule has 5 rings (SSSR count). The van der Waals surface area contributed by atoms with Gasteiger partial charge in [0.25, 0.3) is 0 Å². The van der Waals surface area contributed by atoms with E-state index in [1.165, 1.54) is 0 Å². The molecule has 4 heterocycles. The maximum Gasteiger partial charge on any atom is 0.322 e. The summed E-state index contributed by atoms with van der Waals surface area (Å²) >= 11 is -1.35. The second-order valence-corrected chi connectivity index (χ2v) is 9.67. The Labute approximate surface area is 223 Å². The fourth-order valence-electron chi connectivity index (χ4n) is 3.76. The number of rotatable bonds is 7. The maximum absolute atomic E-state index is 12.8. The van der Waals surface area contributed by atoms with Crippen LogP contribution in [0, 0.1) is 0 Å². The molecule has 0 amide bonds. The Balaban J connectivity index is 0.00000274. The molecule has 34 heavy (non-hydrogen) atoms. The number of hydrogen-bond donors (Lipinski definition) is 1. The minimum atomic E-state index is -1.35. The molecule has 2 aromatic heterocycles. The van der Waals surface area contributed by atoms with E-state index in [0.717, 1.165) is 17.5 Å². The first kappa shape index (κ1) is 25.9. The third-order valence-electron chi connectivity index (χ3n) is 5.69. The molecule has 11 heteroatoms. The molecule has 2 aliphatic heterocycles. The molecular formula is C23H27N3NaO6S. The molecule has 2 fully saturated rings. The predicted molar refractivity (Wildman–Crippen MR) is 126 cm³/mol. The molecule has 0 aliphatic carbocycles. The van der Waals surface area contributed by atoms with Crippen LogP contribution in [-0.2, 0) is 35.9 Å². The minimum absolute atomic E-state index is 0. The number of nitrogens with zero attached hydrogens (tertiary/aromatic N) is 2. The Kier molecular flexibility index (Phi) is 8.55. The van der Waals surface area contributed by atoms with E-state index >= 15 is 0 Å². The van der Waals surface area contributed by atoms with Crippen LogP contribution in [-0.4, -0.2) is 93.7 Å². The zero-order chi connectivity index (χ0) is 22.7. The fourth-order valence-corrected chi connectivity index (χ4v) is 4.74. The van der Waals surface area contributed by atoms with Crippen LogP contribution in [0.15, 0.2) is 47.8 Å². The van der Waals surface area contributed by atoms with Crippen molar-refractivity contribution < 1.29 is 28.2 Å². The van der Waals surface area contributed by atoms with Gasteiger partial charge >= 0.3 is 5.16 Å². The molecule has 1 aromatic carbocycles. The van der Waals surface area contributed by atoms with E-state index in [1.54, 1.807) is 18.3 Å². The molecule has 1 unspecified atom stereocenters. The second-order valence-electron chi connectivity index (χ2n) is 8.30. The van der Waals surface area contributed by atoms with Gasteiger partial charge in [0, 0.05) is 59.4 Å². The summed E-state index contributed by atoms with van der Waals surface area (Å²) in [6.07, 6.45) is 3.07. The molecule has 177 valence electrons. The summed E-state index contributed by atoms with van der Waals surface area (Å²) in [5.74, 6) is -0.665. The van der Waals surface area contributed by atoms with Gasteiger partial charge in [0.15, 0.2) is 11.5 Å². The summed E-state index contributed by atoms with van der Waals surface area (Å²) in [6.45, 7) is 4.24. The first-order valence-corrected chi connectivity index (χ1v) is 12.3. The normalized spacial score (nSPS) is 20.1. The number of imidazole rings is 1. The predicted octanol–water partition coefficient (Wildman–Crippen LogP) is 2.55. The number of aromatic nitrogens is 3. The molecule has 1 radical (unpaired) electrons. The number of para-hydroxylation sites is 2. The molecule has 1 atom stereocenters. The van der Waals surface area contributed by atoms with Crippen LogP contribution in [0.2, 0.25) is 0 Å². The van der Waals surface area contributed by atoms with E-state index in [2.05, 4.69) is 15.0 Å². The van der Waals surface area contributed by atoms with Crippen LogP contribution in [0.3, 0.4) is 0 Å². The van der Waals surface area contributed by atoms with Crippen molar-refractivity contribution in [2.24, 2.45) is 0 Å². The Morgan fingerprint density at radius 3 is 2.65 bits per heavy atom. The molecule has 1 N–H and O–H groups in total. The third-order valence-corrected chi connectivity index (χ3v) is 6.87. The summed E-state index contributed by atoms with van der Waals surface area (Å²) < 4.78 is 42.0. The monoisotopic (exact) mass is 496 g/mol. The van der Waals surface area contributed by atoms with Gasteiger partial charge < -0.3 is 28.2 Å². The van der Waals surface area contributed by atoms with Gasteiger partial charge in [0.05, 0.1) is 36.5 Å². The van der Waals surface area contributed by atoms with Crippen LogP contribution in [0.5, 0.6) is 5.75 Å². The number of H-pyrrole nitrogens is 1. The second kappa shape index (κ2) is 11.2.